The van der Waals surface area contributed by atoms with Gasteiger partial charge in [0.15, 0.2) is 5.78 Å². The lowest BCUT2D eigenvalue weighted by Gasteiger charge is -2.16. The highest BCUT2D eigenvalue weighted by molar-refractivity contribution is 9.10. The number of aromatic hydroxyl groups is 1. The number of hydrogen-bond acceptors (Lipinski definition) is 4. The normalized spacial score (nSPS) is 13.4. The van der Waals surface area contributed by atoms with E-state index in [1.165, 1.54) is 16.9 Å². The van der Waals surface area contributed by atoms with Crippen molar-refractivity contribution in [1.29, 1.82) is 0 Å². The molecule has 3 rings (SSSR count). The van der Waals surface area contributed by atoms with Crippen LogP contribution in [0.15, 0.2) is 22.8 Å². The lowest BCUT2D eigenvalue weighted by molar-refractivity contribution is 0.0971. The molecule has 0 saturated carbocycles. The van der Waals surface area contributed by atoms with Crippen LogP contribution >= 0.6 is 15.9 Å². The second-order valence-corrected chi connectivity index (χ2v) is 4.86. The Morgan fingerprint density at radius 2 is 1.94 bits per heavy atom. The van der Waals surface area contributed by atoms with Crippen LogP contribution in [-0.4, -0.2) is 26.5 Å². The topological polar surface area (TPSA) is 72.2 Å². The van der Waals surface area contributed by atoms with Crippen LogP contribution in [0, 0.1) is 0 Å². The van der Waals surface area contributed by atoms with Crippen molar-refractivity contribution in [3.63, 3.8) is 0 Å². The van der Waals surface area contributed by atoms with Gasteiger partial charge in [-0.3, -0.25) is 14.3 Å². The van der Waals surface area contributed by atoms with Crippen LogP contribution in [0.1, 0.15) is 32.0 Å². The second-order valence-electron chi connectivity index (χ2n) is 4.01. The van der Waals surface area contributed by atoms with Crippen molar-refractivity contribution in [1.82, 2.24) is 9.78 Å². The average molecular weight is 307 g/mol. The standard InChI is InChI=1S/C12H7BrN2O3/c1-15-9-6(4-14-15)10(16)5-2-3-7(13)11(17)8(5)12(9)18/h2-4,17H,1H3. The molecule has 0 atom stereocenters. The van der Waals surface area contributed by atoms with Gasteiger partial charge in [0.25, 0.3) is 0 Å². The molecule has 1 N–H and O–H groups in total. The van der Waals surface area contributed by atoms with Gasteiger partial charge in [-0.25, -0.2) is 0 Å². The Labute approximate surface area is 110 Å². The van der Waals surface area contributed by atoms with Gasteiger partial charge in [0.1, 0.15) is 11.4 Å². The minimum Gasteiger partial charge on any atom is -0.506 e. The van der Waals surface area contributed by atoms with E-state index in [-0.39, 0.29) is 33.9 Å². The summed E-state index contributed by atoms with van der Waals surface area (Å²) in [5.41, 5.74) is 0.726. The number of phenolic OH excluding ortho intramolecular Hbond substituents is 1. The molecule has 1 aliphatic rings. The molecule has 90 valence electrons. The van der Waals surface area contributed by atoms with Crippen molar-refractivity contribution >= 4 is 27.5 Å². The summed E-state index contributed by atoms with van der Waals surface area (Å²) >= 11 is 3.14. The first-order valence-corrected chi connectivity index (χ1v) is 5.94. The molecule has 0 spiro atoms. The van der Waals surface area contributed by atoms with Gasteiger partial charge in [0, 0.05) is 12.6 Å². The number of rotatable bonds is 0. The summed E-state index contributed by atoms with van der Waals surface area (Å²) in [5.74, 6) is -0.897. The van der Waals surface area contributed by atoms with E-state index in [0.29, 0.717) is 4.47 Å². The number of carbonyl (C=O) groups is 2. The first kappa shape index (κ1) is 11.2. The molecular weight excluding hydrogens is 300 g/mol. The minimum absolute atomic E-state index is 0.0328. The van der Waals surface area contributed by atoms with Gasteiger partial charge in [-0.05, 0) is 28.1 Å². The highest BCUT2D eigenvalue weighted by atomic mass is 79.9. The zero-order chi connectivity index (χ0) is 13.0. The quantitative estimate of drug-likeness (QED) is 0.685. The van der Waals surface area contributed by atoms with E-state index >= 15 is 0 Å². The molecule has 6 heteroatoms. The molecule has 1 aliphatic carbocycles. The zero-order valence-electron chi connectivity index (χ0n) is 9.27. The van der Waals surface area contributed by atoms with Gasteiger partial charge < -0.3 is 5.11 Å². The molecule has 0 radical (unpaired) electrons. The van der Waals surface area contributed by atoms with E-state index in [1.54, 1.807) is 13.1 Å². The summed E-state index contributed by atoms with van der Waals surface area (Å²) < 4.78 is 1.73. The van der Waals surface area contributed by atoms with Crippen LogP contribution in [0.2, 0.25) is 0 Å². The molecule has 2 aromatic rings. The Balaban J connectivity index is 2.39. The summed E-state index contributed by atoms with van der Waals surface area (Å²) in [7, 11) is 1.59. The largest absolute Gasteiger partial charge is 0.506 e. The fourth-order valence-corrected chi connectivity index (χ4v) is 2.45. The van der Waals surface area contributed by atoms with Crippen molar-refractivity contribution in [3.05, 3.63) is 45.2 Å². The summed E-state index contributed by atoms with van der Waals surface area (Å²) in [4.78, 5) is 24.5. The van der Waals surface area contributed by atoms with Crippen molar-refractivity contribution in [2.75, 3.05) is 0 Å². The molecule has 0 amide bonds. The number of benzene rings is 1. The first-order chi connectivity index (χ1) is 8.52. The Bertz CT molecular complexity index is 718. The molecule has 1 heterocycles. The third-order valence-corrected chi connectivity index (χ3v) is 3.64. The molecule has 1 aromatic carbocycles. The number of halogens is 1. The number of nitrogens with zero attached hydrogens (tertiary/aromatic N) is 2. The molecule has 5 nitrogen and oxygen atoms in total. The predicted molar refractivity (Wildman–Crippen MR) is 65.9 cm³/mol. The Morgan fingerprint density at radius 3 is 2.67 bits per heavy atom. The fourth-order valence-electron chi connectivity index (χ4n) is 2.12. The van der Waals surface area contributed by atoms with Crippen LogP contribution in [0.25, 0.3) is 0 Å². The van der Waals surface area contributed by atoms with Gasteiger partial charge in [-0.2, -0.15) is 5.10 Å². The number of ketones is 2. The number of phenols is 1. The summed E-state index contributed by atoms with van der Waals surface area (Å²) in [6, 6.07) is 3.07. The van der Waals surface area contributed by atoms with Gasteiger partial charge in [-0.1, -0.05) is 0 Å². The number of carbonyl (C=O) groups excluding carboxylic acids is 2. The van der Waals surface area contributed by atoms with Gasteiger partial charge in [-0.15, -0.1) is 0 Å². The summed E-state index contributed by atoms with van der Waals surface area (Å²) in [6.07, 6.45) is 1.37. The first-order valence-electron chi connectivity index (χ1n) is 5.15. The molecule has 0 bridgehead atoms. The van der Waals surface area contributed by atoms with Crippen molar-refractivity contribution in [2.24, 2.45) is 7.05 Å². The molecule has 1 aromatic heterocycles. The number of fused-ring (bicyclic) bond motifs is 2. The minimum atomic E-state index is -0.390. The predicted octanol–water partition coefficient (Wildman–Crippen LogP) is 1.66. The smallest absolute Gasteiger partial charge is 0.216 e. The molecule has 0 unspecified atom stereocenters. The molecule has 0 saturated heterocycles. The lowest BCUT2D eigenvalue weighted by Crippen LogP contribution is -2.22. The van der Waals surface area contributed by atoms with Crippen LogP contribution in [0.4, 0.5) is 0 Å². The molecule has 0 aliphatic heterocycles. The van der Waals surface area contributed by atoms with E-state index in [4.69, 9.17) is 0 Å². The van der Waals surface area contributed by atoms with E-state index in [0.717, 1.165) is 0 Å². The van der Waals surface area contributed by atoms with Crippen LogP contribution < -0.4 is 0 Å². The van der Waals surface area contributed by atoms with Gasteiger partial charge in [0.2, 0.25) is 5.78 Å². The van der Waals surface area contributed by atoms with E-state index in [2.05, 4.69) is 21.0 Å². The van der Waals surface area contributed by atoms with Crippen molar-refractivity contribution < 1.29 is 14.7 Å². The molecule has 0 fully saturated rings. The number of hydrogen-bond donors (Lipinski definition) is 1. The van der Waals surface area contributed by atoms with Crippen LogP contribution in [0.3, 0.4) is 0 Å². The Hall–Kier alpha value is -1.95. The Kier molecular flexibility index (Phi) is 2.18. The highest BCUT2D eigenvalue weighted by Gasteiger charge is 2.35. The van der Waals surface area contributed by atoms with Crippen molar-refractivity contribution in [3.8, 4) is 5.75 Å². The third kappa shape index (κ3) is 1.23. The van der Waals surface area contributed by atoms with Crippen LogP contribution in [0.5, 0.6) is 5.75 Å². The van der Waals surface area contributed by atoms with Gasteiger partial charge >= 0.3 is 0 Å². The van der Waals surface area contributed by atoms with E-state index < -0.39 is 5.78 Å². The Morgan fingerprint density at radius 1 is 1.22 bits per heavy atom. The highest BCUT2D eigenvalue weighted by Crippen LogP contribution is 2.36. The fraction of sp³-hybridized carbons (Fsp3) is 0.0833. The third-order valence-electron chi connectivity index (χ3n) is 3.00. The lowest BCUT2D eigenvalue weighted by atomic mass is 9.87. The van der Waals surface area contributed by atoms with Gasteiger partial charge in [0.05, 0.1) is 21.8 Å². The van der Waals surface area contributed by atoms with Crippen molar-refractivity contribution in [2.45, 2.75) is 0 Å². The monoisotopic (exact) mass is 306 g/mol. The molecule has 18 heavy (non-hydrogen) atoms. The SMILES string of the molecule is Cn1ncc2c1C(=O)c1c(ccc(Br)c1O)C2=O. The maximum absolute atomic E-state index is 12.3. The summed E-state index contributed by atoms with van der Waals surface area (Å²) in [5, 5.41) is 13.9. The average Bonchev–Trinajstić information content (AvgIpc) is 2.72. The van der Waals surface area contributed by atoms with Crippen LogP contribution in [-0.2, 0) is 7.05 Å². The number of aromatic nitrogens is 2. The summed E-state index contributed by atoms with van der Waals surface area (Å²) in [6.45, 7) is 0. The maximum Gasteiger partial charge on any atom is 0.216 e. The number of aryl methyl sites for hydroxylation is 1. The van der Waals surface area contributed by atoms with E-state index in [1.807, 2.05) is 0 Å². The van der Waals surface area contributed by atoms with E-state index in [9.17, 15) is 14.7 Å². The molecular formula is C12H7BrN2O3. The maximum atomic E-state index is 12.3. The zero-order valence-corrected chi connectivity index (χ0v) is 10.9. The second kappa shape index (κ2) is 3.52.